The Morgan fingerprint density at radius 1 is 0.857 bits per heavy atom. The number of fused-ring (bicyclic) bond motifs is 1. The molecule has 1 fully saturated rings. The molecule has 1 aliphatic rings. The van der Waals surface area contributed by atoms with Crippen LogP contribution < -0.4 is 0 Å². The zero-order valence-corrected chi connectivity index (χ0v) is 16.0. The van der Waals surface area contributed by atoms with Crippen molar-refractivity contribution < 1.29 is 14.0 Å². The van der Waals surface area contributed by atoms with Gasteiger partial charge >= 0.3 is 0 Å². The minimum absolute atomic E-state index is 0.0194. The smallest absolute Gasteiger partial charge is 0.253 e. The van der Waals surface area contributed by atoms with Gasteiger partial charge in [-0.3, -0.25) is 9.59 Å². The van der Waals surface area contributed by atoms with Gasteiger partial charge in [0.15, 0.2) is 0 Å². The normalized spacial score (nSPS) is 14.5. The van der Waals surface area contributed by atoms with E-state index in [-0.39, 0.29) is 17.6 Å². The van der Waals surface area contributed by atoms with Crippen molar-refractivity contribution in [2.24, 2.45) is 0 Å². The van der Waals surface area contributed by atoms with E-state index in [1.54, 1.807) is 9.80 Å². The van der Waals surface area contributed by atoms with E-state index in [0.717, 1.165) is 22.2 Å². The monoisotopic (exact) mass is 379 g/mol. The Morgan fingerprint density at radius 3 is 2.00 bits per heavy atom. The molecule has 3 aromatic rings. The van der Waals surface area contributed by atoms with Gasteiger partial charge in [0, 0.05) is 53.9 Å². The second-order valence-electron chi connectivity index (χ2n) is 7.23. The summed E-state index contributed by atoms with van der Waals surface area (Å²) in [5.74, 6) is -0.516. The first-order chi connectivity index (χ1) is 13.4. The average Bonchev–Trinajstić information content (AvgIpc) is 3.01. The largest absolute Gasteiger partial charge is 0.358 e. The number of hydrogen-bond acceptors (Lipinski definition) is 2. The van der Waals surface area contributed by atoms with Crippen molar-refractivity contribution in [3.8, 4) is 0 Å². The lowest BCUT2D eigenvalue weighted by atomic mass is 10.1. The first kappa shape index (κ1) is 18.2. The molecule has 1 saturated heterocycles. The van der Waals surface area contributed by atoms with Gasteiger partial charge in [-0.2, -0.15) is 0 Å². The van der Waals surface area contributed by atoms with Gasteiger partial charge in [0.1, 0.15) is 5.82 Å². The molecule has 6 heteroatoms. The van der Waals surface area contributed by atoms with E-state index < -0.39 is 0 Å². The number of nitrogens with one attached hydrogen (secondary N) is 1. The van der Waals surface area contributed by atoms with Crippen LogP contribution in [0.15, 0.2) is 42.5 Å². The first-order valence-corrected chi connectivity index (χ1v) is 9.37. The molecule has 0 saturated carbocycles. The van der Waals surface area contributed by atoms with E-state index in [1.165, 1.54) is 24.3 Å². The maximum absolute atomic E-state index is 13.0. The summed E-state index contributed by atoms with van der Waals surface area (Å²) in [6.45, 7) is 5.96. The Balaban J connectivity index is 1.44. The molecule has 1 aromatic heterocycles. The molecule has 0 atom stereocenters. The highest BCUT2D eigenvalue weighted by atomic mass is 19.1. The van der Waals surface area contributed by atoms with E-state index in [9.17, 15) is 14.0 Å². The molecular weight excluding hydrogens is 357 g/mol. The van der Waals surface area contributed by atoms with Crippen LogP contribution >= 0.6 is 0 Å². The van der Waals surface area contributed by atoms with Gasteiger partial charge < -0.3 is 14.8 Å². The number of benzene rings is 2. The summed E-state index contributed by atoms with van der Waals surface area (Å²) in [5, 5.41) is 1.06. The fourth-order valence-electron chi connectivity index (χ4n) is 3.66. The van der Waals surface area contributed by atoms with Gasteiger partial charge in [-0.15, -0.1) is 0 Å². The average molecular weight is 379 g/mol. The minimum atomic E-state index is -0.364. The topological polar surface area (TPSA) is 56.4 Å². The summed E-state index contributed by atoms with van der Waals surface area (Å²) < 4.78 is 13.0. The zero-order valence-electron chi connectivity index (χ0n) is 16.0. The van der Waals surface area contributed by atoms with E-state index >= 15 is 0 Å². The molecule has 28 heavy (non-hydrogen) atoms. The molecule has 5 nitrogen and oxygen atoms in total. The van der Waals surface area contributed by atoms with Crippen LogP contribution in [-0.2, 0) is 0 Å². The number of carbonyl (C=O) groups is 2. The summed E-state index contributed by atoms with van der Waals surface area (Å²) in [4.78, 5) is 32.3. The number of H-pyrrole nitrogens is 1. The SMILES string of the molecule is Cc1[nH]c2ccc(C(=O)N3CCN(C(=O)c4ccc(F)cc4)CC3)cc2c1C. The van der Waals surface area contributed by atoms with Gasteiger partial charge in [0.2, 0.25) is 0 Å². The number of piperazine rings is 1. The zero-order chi connectivity index (χ0) is 19.8. The van der Waals surface area contributed by atoms with Crippen LogP contribution in [-0.4, -0.2) is 52.8 Å². The Labute approximate surface area is 162 Å². The maximum Gasteiger partial charge on any atom is 0.253 e. The van der Waals surface area contributed by atoms with Crippen LogP contribution in [0, 0.1) is 19.7 Å². The van der Waals surface area contributed by atoms with E-state index in [2.05, 4.69) is 4.98 Å². The summed E-state index contributed by atoms with van der Waals surface area (Å²) in [6, 6.07) is 11.3. The number of nitrogens with zero attached hydrogens (tertiary/aromatic N) is 2. The Kier molecular flexibility index (Phi) is 4.63. The number of amides is 2. The molecule has 0 radical (unpaired) electrons. The molecule has 0 aliphatic carbocycles. The lowest BCUT2D eigenvalue weighted by molar-refractivity contribution is 0.0535. The van der Waals surface area contributed by atoms with Gasteiger partial charge in [0.05, 0.1) is 0 Å². The molecule has 2 amide bonds. The highest BCUT2D eigenvalue weighted by Crippen LogP contribution is 2.23. The van der Waals surface area contributed by atoms with E-state index in [1.807, 2.05) is 32.0 Å². The molecule has 4 rings (SSSR count). The van der Waals surface area contributed by atoms with E-state index in [0.29, 0.717) is 37.3 Å². The Bertz CT molecular complexity index is 1050. The fourth-order valence-corrected chi connectivity index (χ4v) is 3.66. The second kappa shape index (κ2) is 7.11. The van der Waals surface area contributed by atoms with Crippen LogP contribution in [0.25, 0.3) is 10.9 Å². The summed E-state index contributed by atoms with van der Waals surface area (Å²) >= 11 is 0. The third kappa shape index (κ3) is 3.26. The van der Waals surface area contributed by atoms with E-state index in [4.69, 9.17) is 0 Å². The molecule has 0 bridgehead atoms. The fraction of sp³-hybridized carbons (Fsp3) is 0.273. The van der Waals surface area contributed by atoms with Crippen molar-refractivity contribution in [3.63, 3.8) is 0 Å². The molecule has 144 valence electrons. The summed E-state index contributed by atoms with van der Waals surface area (Å²) in [7, 11) is 0. The lowest BCUT2D eigenvalue weighted by Gasteiger charge is -2.35. The highest BCUT2D eigenvalue weighted by molar-refractivity contribution is 5.99. The third-order valence-corrected chi connectivity index (χ3v) is 5.50. The quantitative estimate of drug-likeness (QED) is 0.741. The van der Waals surface area contributed by atoms with Crippen LogP contribution in [0.5, 0.6) is 0 Å². The Hall–Kier alpha value is -3.15. The van der Waals surface area contributed by atoms with Gasteiger partial charge in [-0.05, 0) is 61.9 Å². The van der Waals surface area contributed by atoms with Crippen molar-refractivity contribution in [1.82, 2.24) is 14.8 Å². The molecule has 2 aromatic carbocycles. The predicted molar refractivity (Wildman–Crippen MR) is 106 cm³/mol. The number of halogens is 1. The van der Waals surface area contributed by atoms with Gasteiger partial charge in [-0.25, -0.2) is 4.39 Å². The van der Waals surface area contributed by atoms with Crippen molar-refractivity contribution in [2.45, 2.75) is 13.8 Å². The van der Waals surface area contributed by atoms with Gasteiger partial charge in [0.25, 0.3) is 11.8 Å². The molecule has 0 spiro atoms. The Morgan fingerprint density at radius 2 is 1.39 bits per heavy atom. The molecular formula is C22H22FN3O2. The molecule has 1 aliphatic heterocycles. The van der Waals surface area contributed by atoms with Crippen molar-refractivity contribution in [3.05, 3.63) is 70.7 Å². The number of aromatic amines is 1. The van der Waals surface area contributed by atoms with Gasteiger partial charge in [-0.1, -0.05) is 0 Å². The third-order valence-electron chi connectivity index (χ3n) is 5.50. The number of carbonyl (C=O) groups excluding carboxylic acids is 2. The summed E-state index contributed by atoms with van der Waals surface area (Å²) in [6.07, 6.45) is 0. The number of aromatic nitrogens is 1. The summed E-state index contributed by atoms with van der Waals surface area (Å²) in [5.41, 5.74) is 4.41. The predicted octanol–water partition coefficient (Wildman–Crippen LogP) is 3.52. The number of aryl methyl sites for hydroxylation is 2. The number of hydrogen-bond donors (Lipinski definition) is 1. The van der Waals surface area contributed by atoms with Crippen molar-refractivity contribution >= 4 is 22.7 Å². The van der Waals surface area contributed by atoms with Crippen LogP contribution in [0.1, 0.15) is 32.0 Å². The second-order valence-corrected chi connectivity index (χ2v) is 7.23. The van der Waals surface area contributed by atoms with Crippen LogP contribution in [0.3, 0.4) is 0 Å². The molecule has 0 unspecified atom stereocenters. The van der Waals surface area contributed by atoms with Crippen LogP contribution in [0.2, 0.25) is 0 Å². The lowest BCUT2D eigenvalue weighted by Crippen LogP contribution is -2.50. The minimum Gasteiger partial charge on any atom is -0.358 e. The van der Waals surface area contributed by atoms with Crippen LogP contribution in [0.4, 0.5) is 4.39 Å². The highest BCUT2D eigenvalue weighted by Gasteiger charge is 2.25. The van der Waals surface area contributed by atoms with Crippen molar-refractivity contribution in [2.75, 3.05) is 26.2 Å². The first-order valence-electron chi connectivity index (χ1n) is 9.37. The molecule has 2 heterocycles. The molecule has 1 N–H and O–H groups in total. The number of rotatable bonds is 2. The maximum atomic E-state index is 13.0. The standard InChI is InChI=1S/C22H22FN3O2/c1-14-15(2)24-20-8-5-17(13-19(14)20)22(28)26-11-9-25(10-12-26)21(27)16-3-6-18(23)7-4-16/h3-8,13,24H,9-12H2,1-2H3. The van der Waals surface area contributed by atoms with Crippen molar-refractivity contribution in [1.29, 1.82) is 0 Å².